The van der Waals surface area contributed by atoms with Crippen LogP contribution in [0.1, 0.15) is 25.7 Å². The first-order valence-electron chi connectivity index (χ1n) is 6.30. The van der Waals surface area contributed by atoms with E-state index >= 15 is 0 Å². The minimum absolute atomic E-state index is 0.309. The van der Waals surface area contributed by atoms with E-state index in [0.717, 1.165) is 18.4 Å². The Morgan fingerprint density at radius 2 is 2.00 bits per heavy atom. The van der Waals surface area contributed by atoms with Gasteiger partial charge in [-0.1, -0.05) is 0 Å². The van der Waals surface area contributed by atoms with Gasteiger partial charge >= 0.3 is 0 Å². The summed E-state index contributed by atoms with van der Waals surface area (Å²) in [7, 11) is 2.22. The Morgan fingerprint density at radius 1 is 1.27 bits per heavy atom. The van der Waals surface area contributed by atoms with Gasteiger partial charge in [0.2, 0.25) is 0 Å². The van der Waals surface area contributed by atoms with E-state index in [0.29, 0.717) is 12.6 Å². The highest BCUT2D eigenvalue weighted by Gasteiger charge is 2.27. The molecule has 3 nitrogen and oxygen atoms in total. The number of nitrogens with zero attached hydrogens (tertiary/aromatic N) is 1. The van der Waals surface area contributed by atoms with Gasteiger partial charge in [0.05, 0.1) is 6.61 Å². The predicted octanol–water partition coefficient (Wildman–Crippen LogP) is 0.689. The Balaban J connectivity index is 1.69. The van der Waals surface area contributed by atoms with Gasteiger partial charge in [-0.15, -0.1) is 0 Å². The molecule has 0 aromatic heterocycles. The van der Waals surface area contributed by atoms with E-state index in [2.05, 4.69) is 17.3 Å². The van der Waals surface area contributed by atoms with Gasteiger partial charge in [-0.05, 0) is 64.2 Å². The third kappa shape index (κ3) is 3.16. The van der Waals surface area contributed by atoms with Crippen molar-refractivity contribution in [3.63, 3.8) is 0 Å². The van der Waals surface area contributed by atoms with Crippen molar-refractivity contribution >= 4 is 0 Å². The summed E-state index contributed by atoms with van der Waals surface area (Å²) in [6.45, 7) is 3.98. The van der Waals surface area contributed by atoms with E-state index in [4.69, 9.17) is 5.11 Å². The maximum atomic E-state index is 9.06. The molecule has 2 rings (SSSR count). The van der Waals surface area contributed by atoms with Crippen molar-refractivity contribution in [1.29, 1.82) is 0 Å². The van der Waals surface area contributed by atoms with E-state index in [1.807, 2.05) is 0 Å². The van der Waals surface area contributed by atoms with Crippen LogP contribution in [-0.2, 0) is 0 Å². The van der Waals surface area contributed by atoms with Gasteiger partial charge in [-0.25, -0.2) is 0 Å². The molecule has 0 bridgehead atoms. The van der Waals surface area contributed by atoms with Crippen LogP contribution < -0.4 is 5.32 Å². The quantitative estimate of drug-likeness (QED) is 0.722. The van der Waals surface area contributed by atoms with E-state index in [1.54, 1.807) is 0 Å². The highest BCUT2D eigenvalue weighted by molar-refractivity contribution is 4.83. The third-order valence-electron chi connectivity index (χ3n) is 4.04. The smallest absolute Gasteiger partial charge is 0.0584 e. The van der Waals surface area contributed by atoms with Crippen molar-refractivity contribution in [1.82, 2.24) is 10.2 Å². The topological polar surface area (TPSA) is 35.5 Å². The summed E-state index contributed by atoms with van der Waals surface area (Å²) in [4.78, 5) is 2.43. The zero-order valence-electron chi connectivity index (χ0n) is 9.78. The molecule has 2 fully saturated rings. The average molecular weight is 212 g/mol. The summed E-state index contributed by atoms with van der Waals surface area (Å²) in [5.41, 5.74) is 0. The van der Waals surface area contributed by atoms with Gasteiger partial charge in [0, 0.05) is 6.04 Å². The van der Waals surface area contributed by atoms with Gasteiger partial charge < -0.3 is 15.3 Å². The van der Waals surface area contributed by atoms with Crippen molar-refractivity contribution in [2.24, 2.45) is 11.8 Å². The number of hydrogen-bond donors (Lipinski definition) is 2. The second-order valence-corrected chi connectivity index (χ2v) is 5.37. The van der Waals surface area contributed by atoms with Crippen LogP contribution in [0.3, 0.4) is 0 Å². The predicted molar refractivity (Wildman–Crippen MR) is 61.8 cm³/mol. The Morgan fingerprint density at radius 3 is 2.60 bits per heavy atom. The Bertz CT molecular complexity index is 190. The lowest BCUT2D eigenvalue weighted by atomic mass is 9.86. The standard InChI is InChI=1S/C12H24N2O/c1-14-4-2-10(3-5-14)6-11-7-12(9-15)13-8-11/h10-13,15H,2-9H2,1H3. The minimum Gasteiger partial charge on any atom is -0.395 e. The molecule has 0 aliphatic carbocycles. The number of rotatable bonds is 3. The summed E-state index contributed by atoms with van der Waals surface area (Å²) >= 11 is 0. The highest BCUT2D eigenvalue weighted by Crippen LogP contribution is 2.27. The van der Waals surface area contributed by atoms with Crippen LogP contribution >= 0.6 is 0 Å². The maximum Gasteiger partial charge on any atom is 0.0584 e. The second kappa shape index (κ2) is 5.28. The Hall–Kier alpha value is -0.120. The fourth-order valence-electron chi connectivity index (χ4n) is 2.99. The number of aliphatic hydroxyl groups is 1. The molecule has 2 aliphatic rings. The third-order valence-corrected chi connectivity index (χ3v) is 4.04. The van der Waals surface area contributed by atoms with Gasteiger partial charge in [0.15, 0.2) is 0 Å². The monoisotopic (exact) mass is 212 g/mol. The fraction of sp³-hybridized carbons (Fsp3) is 1.00. The van der Waals surface area contributed by atoms with Crippen LogP contribution in [0, 0.1) is 11.8 Å². The van der Waals surface area contributed by atoms with Gasteiger partial charge in [0.1, 0.15) is 0 Å². The Kier molecular flexibility index (Phi) is 4.00. The van der Waals surface area contributed by atoms with Crippen molar-refractivity contribution < 1.29 is 5.11 Å². The van der Waals surface area contributed by atoms with Crippen molar-refractivity contribution in [3.05, 3.63) is 0 Å². The number of hydrogen-bond acceptors (Lipinski definition) is 3. The molecular formula is C12H24N2O. The Labute approximate surface area is 92.8 Å². The van der Waals surface area contributed by atoms with Crippen LogP contribution in [0.5, 0.6) is 0 Å². The molecule has 0 radical (unpaired) electrons. The molecule has 88 valence electrons. The minimum atomic E-state index is 0.309. The lowest BCUT2D eigenvalue weighted by Crippen LogP contribution is -2.31. The molecule has 0 aromatic carbocycles. The number of likely N-dealkylation sites (tertiary alicyclic amines) is 1. The van der Waals surface area contributed by atoms with Crippen LogP contribution in [0.4, 0.5) is 0 Å². The second-order valence-electron chi connectivity index (χ2n) is 5.37. The van der Waals surface area contributed by atoms with E-state index < -0.39 is 0 Å². The lowest BCUT2D eigenvalue weighted by Gasteiger charge is -2.30. The van der Waals surface area contributed by atoms with Crippen LogP contribution in [0.25, 0.3) is 0 Å². The molecule has 2 N–H and O–H groups in total. The van der Waals surface area contributed by atoms with Crippen molar-refractivity contribution in [3.8, 4) is 0 Å². The van der Waals surface area contributed by atoms with Crippen LogP contribution in [-0.4, -0.2) is 49.3 Å². The van der Waals surface area contributed by atoms with Crippen molar-refractivity contribution in [2.75, 3.05) is 33.3 Å². The molecule has 15 heavy (non-hydrogen) atoms. The average Bonchev–Trinajstić information content (AvgIpc) is 2.69. The summed E-state index contributed by atoms with van der Waals surface area (Å²) in [5, 5.41) is 12.4. The molecule has 0 amide bonds. The van der Waals surface area contributed by atoms with E-state index in [9.17, 15) is 0 Å². The molecule has 0 aromatic rings. The molecule has 0 spiro atoms. The molecule has 2 unspecified atom stereocenters. The molecule has 0 saturated carbocycles. The van der Waals surface area contributed by atoms with Gasteiger partial charge in [0.25, 0.3) is 0 Å². The maximum absolute atomic E-state index is 9.06. The van der Waals surface area contributed by atoms with Gasteiger partial charge in [-0.2, -0.15) is 0 Å². The number of nitrogens with one attached hydrogen (secondary N) is 1. The van der Waals surface area contributed by atoms with Crippen LogP contribution in [0.15, 0.2) is 0 Å². The number of aliphatic hydroxyl groups excluding tert-OH is 1. The zero-order chi connectivity index (χ0) is 10.7. The SMILES string of the molecule is CN1CCC(CC2CNC(CO)C2)CC1. The summed E-state index contributed by atoms with van der Waals surface area (Å²) in [6, 6.07) is 0.376. The van der Waals surface area contributed by atoms with Crippen LogP contribution in [0.2, 0.25) is 0 Å². The van der Waals surface area contributed by atoms with E-state index in [-0.39, 0.29) is 0 Å². The molecular weight excluding hydrogens is 188 g/mol. The molecule has 3 heteroatoms. The molecule has 2 heterocycles. The largest absolute Gasteiger partial charge is 0.395 e. The summed E-state index contributed by atoms with van der Waals surface area (Å²) < 4.78 is 0. The first-order valence-corrected chi connectivity index (χ1v) is 6.30. The zero-order valence-corrected chi connectivity index (χ0v) is 9.78. The normalized spacial score (nSPS) is 34.8. The highest BCUT2D eigenvalue weighted by atomic mass is 16.3. The summed E-state index contributed by atoms with van der Waals surface area (Å²) in [5.74, 6) is 1.75. The van der Waals surface area contributed by atoms with Crippen molar-refractivity contribution in [2.45, 2.75) is 31.7 Å². The molecule has 2 saturated heterocycles. The first kappa shape index (κ1) is 11.4. The molecule has 2 atom stereocenters. The van der Waals surface area contributed by atoms with E-state index in [1.165, 1.54) is 38.8 Å². The molecule has 2 aliphatic heterocycles. The fourth-order valence-corrected chi connectivity index (χ4v) is 2.99. The van der Waals surface area contributed by atoms with Gasteiger partial charge in [-0.3, -0.25) is 0 Å². The number of piperidine rings is 1. The lowest BCUT2D eigenvalue weighted by molar-refractivity contribution is 0.195. The first-order chi connectivity index (χ1) is 7.28. The summed E-state index contributed by atoms with van der Waals surface area (Å²) in [6.07, 6.45) is 5.30.